The molecule has 1 atom stereocenters. The minimum absolute atomic E-state index is 0.00139. The summed E-state index contributed by atoms with van der Waals surface area (Å²) in [5.41, 5.74) is 6.97. The molecule has 0 aliphatic carbocycles. The number of hydrogen-bond donors (Lipinski definition) is 1. The van der Waals surface area contributed by atoms with Crippen LogP contribution in [0.25, 0.3) is 0 Å². The van der Waals surface area contributed by atoms with Gasteiger partial charge in [0, 0.05) is 11.6 Å². The molecule has 2 N–H and O–H groups in total. The van der Waals surface area contributed by atoms with Gasteiger partial charge in [-0.1, -0.05) is 29.8 Å². The Kier molecular flexibility index (Phi) is 4.79. The molecule has 2 rings (SSSR count). The van der Waals surface area contributed by atoms with Gasteiger partial charge < -0.3 is 10.5 Å². The van der Waals surface area contributed by atoms with E-state index >= 15 is 0 Å². The lowest BCUT2D eigenvalue weighted by molar-refractivity contribution is 0.300. The van der Waals surface area contributed by atoms with E-state index in [2.05, 4.69) is 0 Å². The Morgan fingerprint density at radius 3 is 2.76 bits per heavy atom. The van der Waals surface area contributed by atoms with Crippen LogP contribution in [0.5, 0.6) is 5.75 Å². The molecular formula is C16H14ClFN2O. The van der Waals surface area contributed by atoms with Crippen molar-refractivity contribution in [3.8, 4) is 11.8 Å². The molecular weight excluding hydrogens is 291 g/mol. The van der Waals surface area contributed by atoms with Gasteiger partial charge in [-0.3, -0.25) is 0 Å². The first-order valence-corrected chi connectivity index (χ1v) is 6.76. The second-order valence-electron chi connectivity index (χ2n) is 4.66. The average Bonchev–Trinajstić information content (AvgIpc) is 2.47. The van der Waals surface area contributed by atoms with Crippen LogP contribution in [-0.4, -0.2) is 0 Å². The Labute approximate surface area is 127 Å². The van der Waals surface area contributed by atoms with Gasteiger partial charge in [0.25, 0.3) is 0 Å². The van der Waals surface area contributed by atoms with E-state index in [9.17, 15) is 4.39 Å². The third-order valence-electron chi connectivity index (χ3n) is 3.06. The number of nitrogens with zero attached hydrogens (tertiary/aromatic N) is 1. The Morgan fingerprint density at radius 1 is 1.38 bits per heavy atom. The molecule has 108 valence electrons. The highest BCUT2D eigenvalue weighted by molar-refractivity contribution is 6.32. The number of benzene rings is 2. The summed E-state index contributed by atoms with van der Waals surface area (Å²) in [7, 11) is 0. The first kappa shape index (κ1) is 15.3. The minimum atomic E-state index is -0.566. The lowest BCUT2D eigenvalue weighted by atomic mass is 10.1. The quantitative estimate of drug-likeness (QED) is 0.930. The molecule has 0 unspecified atom stereocenters. The van der Waals surface area contributed by atoms with Crippen molar-refractivity contribution in [2.75, 3.05) is 0 Å². The van der Waals surface area contributed by atoms with Crippen molar-refractivity contribution in [3.05, 3.63) is 63.9 Å². The van der Waals surface area contributed by atoms with E-state index in [1.807, 2.05) is 13.0 Å². The number of rotatable bonds is 4. The summed E-state index contributed by atoms with van der Waals surface area (Å²) >= 11 is 6.11. The van der Waals surface area contributed by atoms with Gasteiger partial charge in [-0.2, -0.15) is 5.26 Å². The molecule has 2 aromatic carbocycles. The van der Waals surface area contributed by atoms with Crippen LogP contribution in [0, 0.1) is 17.1 Å². The lowest BCUT2D eigenvalue weighted by Crippen LogP contribution is -2.05. The standard InChI is InChI=1S/C16H14ClFN2O/c1-10(20)11-5-6-15(14(17)7-11)21-9-13-4-2-3-12(8-19)16(13)18/h2-7,10H,9,20H2,1H3/t10-/m0/s1. The maximum absolute atomic E-state index is 13.9. The van der Waals surface area contributed by atoms with Crippen molar-refractivity contribution in [1.29, 1.82) is 5.26 Å². The molecule has 3 nitrogen and oxygen atoms in total. The summed E-state index contributed by atoms with van der Waals surface area (Å²) in [6, 6.07) is 11.5. The summed E-state index contributed by atoms with van der Waals surface area (Å²) in [4.78, 5) is 0. The SMILES string of the molecule is C[C@H](N)c1ccc(OCc2cccc(C#N)c2F)c(Cl)c1. The zero-order valence-electron chi connectivity index (χ0n) is 11.4. The highest BCUT2D eigenvalue weighted by atomic mass is 35.5. The maximum atomic E-state index is 13.9. The van der Waals surface area contributed by atoms with Crippen molar-refractivity contribution in [2.45, 2.75) is 19.6 Å². The summed E-state index contributed by atoms with van der Waals surface area (Å²) in [5.74, 6) is -0.119. The molecule has 0 saturated carbocycles. The Morgan fingerprint density at radius 2 is 2.14 bits per heavy atom. The molecule has 0 aliphatic rings. The number of hydrogen-bond acceptors (Lipinski definition) is 3. The van der Waals surface area contributed by atoms with E-state index in [1.165, 1.54) is 6.07 Å². The van der Waals surface area contributed by atoms with Gasteiger partial charge in [-0.15, -0.1) is 0 Å². The highest BCUT2D eigenvalue weighted by Gasteiger charge is 2.10. The highest BCUT2D eigenvalue weighted by Crippen LogP contribution is 2.28. The molecule has 0 heterocycles. The zero-order chi connectivity index (χ0) is 15.4. The Balaban J connectivity index is 2.16. The van der Waals surface area contributed by atoms with Crippen LogP contribution >= 0.6 is 11.6 Å². The fourth-order valence-electron chi connectivity index (χ4n) is 1.85. The third kappa shape index (κ3) is 3.52. The van der Waals surface area contributed by atoms with Crippen LogP contribution < -0.4 is 10.5 Å². The summed E-state index contributed by atoms with van der Waals surface area (Å²) in [6.07, 6.45) is 0. The topological polar surface area (TPSA) is 59.0 Å². The molecule has 0 amide bonds. The predicted octanol–water partition coefficient (Wildman–Crippen LogP) is 3.95. The molecule has 0 aliphatic heterocycles. The van der Waals surface area contributed by atoms with Crippen molar-refractivity contribution in [3.63, 3.8) is 0 Å². The monoisotopic (exact) mass is 304 g/mol. The van der Waals surface area contributed by atoms with Crippen molar-refractivity contribution >= 4 is 11.6 Å². The number of halogens is 2. The van der Waals surface area contributed by atoms with Gasteiger partial charge in [0.2, 0.25) is 0 Å². The molecule has 0 spiro atoms. The van der Waals surface area contributed by atoms with Crippen molar-refractivity contribution in [2.24, 2.45) is 5.73 Å². The average molecular weight is 305 g/mol. The number of nitriles is 1. The fourth-order valence-corrected chi connectivity index (χ4v) is 2.09. The molecule has 21 heavy (non-hydrogen) atoms. The van der Waals surface area contributed by atoms with Gasteiger partial charge in [0.05, 0.1) is 10.6 Å². The second-order valence-corrected chi connectivity index (χ2v) is 5.06. The molecule has 5 heteroatoms. The fraction of sp³-hybridized carbons (Fsp3) is 0.188. The third-order valence-corrected chi connectivity index (χ3v) is 3.36. The van der Waals surface area contributed by atoms with Gasteiger partial charge >= 0.3 is 0 Å². The van der Waals surface area contributed by atoms with Gasteiger partial charge in [-0.05, 0) is 30.7 Å². The molecule has 0 fully saturated rings. The lowest BCUT2D eigenvalue weighted by Gasteiger charge is -2.12. The second kappa shape index (κ2) is 6.57. The smallest absolute Gasteiger partial charge is 0.147 e. The Hall–Kier alpha value is -2.09. The van der Waals surface area contributed by atoms with Crippen LogP contribution in [0.4, 0.5) is 4.39 Å². The first-order chi connectivity index (χ1) is 10.0. The van der Waals surface area contributed by atoms with E-state index < -0.39 is 5.82 Å². The normalized spacial score (nSPS) is 11.8. The van der Waals surface area contributed by atoms with Crippen LogP contribution in [0.2, 0.25) is 5.02 Å². The first-order valence-electron chi connectivity index (χ1n) is 6.38. The van der Waals surface area contributed by atoms with E-state index in [0.29, 0.717) is 16.3 Å². The van der Waals surface area contributed by atoms with Gasteiger partial charge in [0.15, 0.2) is 0 Å². The Bertz CT molecular complexity index is 695. The van der Waals surface area contributed by atoms with Crippen molar-refractivity contribution < 1.29 is 9.13 Å². The van der Waals surface area contributed by atoms with Crippen LogP contribution in [0.3, 0.4) is 0 Å². The largest absolute Gasteiger partial charge is 0.487 e. The van der Waals surface area contributed by atoms with Gasteiger partial charge in [-0.25, -0.2) is 4.39 Å². The van der Waals surface area contributed by atoms with Crippen molar-refractivity contribution in [1.82, 2.24) is 0 Å². The van der Waals surface area contributed by atoms with Crippen LogP contribution in [0.1, 0.15) is 29.7 Å². The van der Waals surface area contributed by atoms with Crippen LogP contribution in [0.15, 0.2) is 36.4 Å². The number of ether oxygens (including phenoxy) is 1. The predicted molar refractivity (Wildman–Crippen MR) is 79.5 cm³/mol. The summed E-state index contributed by atoms with van der Waals surface area (Å²) in [5, 5.41) is 9.21. The van der Waals surface area contributed by atoms with E-state index in [4.69, 9.17) is 27.3 Å². The zero-order valence-corrected chi connectivity index (χ0v) is 12.2. The number of nitrogens with two attached hydrogens (primary N) is 1. The summed E-state index contributed by atoms with van der Waals surface area (Å²) < 4.78 is 19.4. The minimum Gasteiger partial charge on any atom is -0.487 e. The molecule has 0 saturated heterocycles. The van der Waals surface area contributed by atoms with E-state index in [-0.39, 0.29) is 18.2 Å². The van der Waals surface area contributed by atoms with E-state index in [0.717, 1.165) is 5.56 Å². The van der Waals surface area contributed by atoms with E-state index in [1.54, 1.807) is 30.3 Å². The summed E-state index contributed by atoms with van der Waals surface area (Å²) in [6.45, 7) is 1.85. The maximum Gasteiger partial charge on any atom is 0.147 e. The molecule has 0 aromatic heterocycles. The molecule has 0 bridgehead atoms. The molecule has 0 radical (unpaired) electrons. The van der Waals surface area contributed by atoms with Crippen LogP contribution in [-0.2, 0) is 6.61 Å². The van der Waals surface area contributed by atoms with Gasteiger partial charge in [0.1, 0.15) is 24.2 Å². The molecule has 2 aromatic rings.